The SMILES string of the molecule is Cc1c[nH]c2nccc(CN)c12.Cl. The largest absolute Gasteiger partial charge is 0.346 e. The van der Waals surface area contributed by atoms with Gasteiger partial charge in [-0.05, 0) is 24.1 Å². The molecule has 0 amide bonds. The molecule has 4 heteroatoms. The standard InChI is InChI=1S/C9H11N3.ClH/c1-6-5-12-9-8(6)7(4-10)2-3-11-9;/h2-3,5H,4,10H2,1H3,(H,11,12);1H. The summed E-state index contributed by atoms with van der Waals surface area (Å²) in [4.78, 5) is 7.30. The van der Waals surface area contributed by atoms with Crippen molar-refractivity contribution in [3.63, 3.8) is 0 Å². The lowest BCUT2D eigenvalue weighted by Gasteiger charge is -1.98. The van der Waals surface area contributed by atoms with Gasteiger partial charge in [-0.25, -0.2) is 4.98 Å². The van der Waals surface area contributed by atoms with E-state index < -0.39 is 0 Å². The third-order valence-corrected chi connectivity index (χ3v) is 2.08. The van der Waals surface area contributed by atoms with Crippen molar-refractivity contribution in [3.8, 4) is 0 Å². The monoisotopic (exact) mass is 197 g/mol. The van der Waals surface area contributed by atoms with Crippen LogP contribution in [0, 0.1) is 6.92 Å². The van der Waals surface area contributed by atoms with Gasteiger partial charge in [-0.1, -0.05) is 0 Å². The Morgan fingerprint density at radius 2 is 2.31 bits per heavy atom. The van der Waals surface area contributed by atoms with E-state index in [1.807, 2.05) is 12.3 Å². The Kier molecular flexibility index (Phi) is 2.90. The predicted octanol–water partition coefficient (Wildman–Crippen LogP) is 1.75. The van der Waals surface area contributed by atoms with Crippen molar-refractivity contribution in [2.75, 3.05) is 0 Å². The number of halogens is 1. The van der Waals surface area contributed by atoms with Crippen molar-refractivity contribution in [2.45, 2.75) is 13.5 Å². The van der Waals surface area contributed by atoms with Crippen LogP contribution < -0.4 is 5.73 Å². The minimum atomic E-state index is 0. The van der Waals surface area contributed by atoms with Crippen LogP contribution in [0.1, 0.15) is 11.1 Å². The Labute approximate surface area is 82.8 Å². The number of fused-ring (bicyclic) bond motifs is 1. The summed E-state index contributed by atoms with van der Waals surface area (Å²) in [6.07, 6.45) is 3.73. The summed E-state index contributed by atoms with van der Waals surface area (Å²) in [5.41, 5.74) is 8.89. The molecule has 3 N–H and O–H groups in total. The molecule has 0 aromatic carbocycles. The van der Waals surface area contributed by atoms with Crippen LogP contribution in [0.4, 0.5) is 0 Å². The zero-order valence-corrected chi connectivity index (χ0v) is 8.19. The Bertz CT molecular complexity index is 408. The summed E-state index contributed by atoms with van der Waals surface area (Å²) >= 11 is 0. The Hall–Kier alpha value is -1.06. The van der Waals surface area contributed by atoms with Crippen LogP contribution in [-0.2, 0) is 6.54 Å². The highest BCUT2D eigenvalue weighted by atomic mass is 35.5. The lowest BCUT2D eigenvalue weighted by molar-refractivity contribution is 1.08. The van der Waals surface area contributed by atoms with Gasteiger partial charge in [0.2, 0.25) is 0 Å². The molecule has 2 rings (SSSR count). The molecular weight excluding hydrogens is 186 g/mol. The number of H-pyrrole nitrogens is 1. The van der Waals surface area contributed by atoms with Crippen molar-refractivity contribution in [1.82, 2.24) is 9.97 Å². The molecule has 0 saturated heterocycles. The summed E-state index contributed by atoms with van der Waals surface area (Å²) in [6, 6.07) is 1.96. The number of hydrogen-bond donors (Lipinski definition) is 2. The van der Waals surface area contributed by atoms with Crippen LogP contribution in [0.25, 0.3) is 11.0 Å². The van der Waals surface area contributed by atoms with Gasteiger partial charge in [0.1, 0.15) is 5.65 Å². The number of pyridine rings is 1. The van der Waals surface area contributed by atoms with Crippen LogP contribution in [0.5, 0.6) is 0 Å². The van der Waals surface area contributed by atoms with E-state index in [-0.39, 0.29) is 12.4 Å². The van der Waals surface area contributed by atoms with Gasteiger partial charge < -0.3 is 10.7 Å². The lowest BCUT2D eigenvalue weighted by atomic mass is 10.1. The van der Waals surface area contributed by atoms with E-state index in [1.54, 1.807) is 6.20 Å². The Morgan fingerprint density at radius 1 is 1.54 bits per heavy atom. The van der Waals surface area contributed by atoms with Gasteiger partial charge in [-0.3, -0.25) is 0 Å². The number of nitrogens with two attached hydrogens (primary N) is 1. The maximum atomic E-state index is 5.60. The number of hydrogen-bond acceptors (Lipinski definition) is 2. The average molecular weight is 198 g/mol. The van der Waals surface area contributed by atoms with Crippen molar-refractivity contribution in [3.05, 3.63) is 29.6 Å². The van der Waals surface area contributed by atoms with Crippen molar-refractivity contribution in [1.29, 1.82) is 0 Å². The van der Waals surface area contributed by atoms with Gasteiger partial charge in [-0.15, -0.1) is 12.4 Å². The molecule has 0 fully saturated rings. The minimum Gasteiger partial charge on any atom is -0.346 e. The van der Waals surface area contributed by atoms with Gasteiger partial charge in [0, 0.05) is 24.3 Å². The zero-order chi connectivity index (χ0) is 8.55. The summed E-state index contributed by atoms with van der Waals surface area (Å²) in [5, 5.41) is 1.17. The molecule has 3 nitrogen and oxygen atoms in total. The van der Waals surface area contributed by atoms with Gasteiger partial charge in [0.25, 0.3) is 0 Å². The molecule has 0 spiro atoms. The first-order chi connectivity index (χ1) is 5.83. The highest BCUT2D eigenvalue weighted by Gasteiger charge is 2.03. The third-order valence-electron chi connectivity index (χ3n) is 2.08. The van der Waals surface area contributed by atoms with Gasteiger partial charge in [0.15, 0.2) is 0 Å². The molecule has 0 unspecified atom stereocenters. The molecule has 0 aliphatic rings. The first-order valence-electron chi connectivity index (χ1n) is 3.94. The Morgan fingerprint density at radius 3 is 3.00 bits per heavy atom. The molecule has 2 heterocycles. The van der Waals surface area contributed by atoms with Crippen LogP contribution in [0.3, 0.4) is 0 Å². The molecule has 0 saturated carbocycles. The predicted molar refractivity (Wildman–Crippen MR) is 56.0 cm³/mol. The fourth-order valence-electron chi connectivity index (χ4n) is 1.47. The number of nitrogens with one attached hydrogen (secondary N) is 1. The van der Waals surface area contributed by atoms with Crippen molar-refractivity contribution >= 4 is 23.4 Å². The first-order valence-corrected chi connectivity index (χ1v) is 3.94. The van der Waals surface area contributed by atoms with Crippen LogP contribution in [-0.4, -0.2) is 9.97 Å². The van der Waals surface area contributed by atoms with E-state index in [4.69, 9.17) is 5.73 Å². The molecule has 0 atom stereocenters. The smallest absolute Gasteiger partial charge is 0.137 e. The lowest BCUT2D eigenvalue weighted by Crippen LogP contribution is -1.97. The number of nitrogens with zero attached hydrogens (tertiary/aromatic N) is 1. The third kappa shape index (κ3) is 1.53. The summed E-state index contributed by atoms with van der Waals surface area (Å²) < 4.78 is 0. The first kappa shape index (κ1) is 10.0. The van der Waals surface area contributed by atoms with E-state index in [0.717, 1.165) is 11.2 Å². The molecule has 0 aliphatic heterocycles. The van der Waals surface area contributed by atoms with Gasteiger partial charge >= 0.3 is 0 Å². The summed E-state index contributed by atoms with van der Waals surface area (Å²) in [7, 11) is 0. The second kappa shape index (κ2) is 3.77. The highest BCUT2D eigenvalue weighted by molar-refractivity contribution is 5.85. The molecule has 0 aliphatic carbocycles. The molecule has 0 bridgehead atoms. The normalized spacial score (nSPS) is 10.0. The molecule has 2 aromatic rings. The molecule has 13 heavy (non-hydrogen) atoms. The number of aromatic amines is 1. The fraction of sp³-hybridized carbons (Fsp3) is 0.222. The average Bonchev–Trinajstić information content (AvgIpc) is 2.48. The second-order valence-corrected chi connectivity index (χ2v) is 2.87. The maximum absolute atomic E-state index is 5.60. The fourth-order valence-corrected chi connectivity index (χ4v) is 1.47. The number of aromatic nitrogens is 2. The van der Waals surface area contributed by atoms with Crippen LogP contribution in [0.15, 0.2) is 18.5 Å². The Balaban J connectivity index is 0.000000845. The summed E-state index contributed by atoms with van der Waals surface area (Å²) in [6.45, 7) is 2.62. The number of rotatable bonds is 1. The van der Waals surface area contributed by atoms with Gasteiger partial charge in [-0.2, -0.15) is 0 Å². The van der Waals surface area contributed by atoms with Crippen molar-refractivity contribution in [2.24, 2.45) is 5.73 Å². The van der Waals surface area contributed by atoms with E-state index in [0.29, 0.717) is 6.54 Å². The van der Waals surface area contributed by atoms with Crippen LogP contribution >= 0.6 is 12.4 Å². The van der Waals surface area contributed by atoms with E-state index in [2.05, 4.69) is 16.9 Å². The van der Waals surface area contributed by atoms with Crippen molar-refractivity contribution < 1.29 is 0 Å². The molecule has 70 valence electrons. The van der Waals surface area contributed by atoms with Crippen LogP contribution in [0.2, 0.25) is 0 Å². The molecular formula is C9H12ClN3. The molecule has 0 radical (unpaired) electrons. The maximum Gasteiger partial charge on any atom is 0.137 e. The van der Waals surface area contributed by atoms with E-state index >= 15 is 0 Å². The topological polar surface area (TPSA) is 54.7 Å². The number of aryl methyl sites for hydroxylation is 1. The second-order valence-electron chi connectivity index (χ2n) is 2.87. The van der Waals surface area contributed by atoms with Gasteiger partial charge in [0.05, 0.1) is 0 Å². The zero-order valence-electron chi connectivity index (χ0n) is 7.37. The molecule has 2 aromatic heterocycles. The summed E-state index contributed by atoms with van der Waals surface area (Å²) in [5.74, 6) is 0. The minimum absolute atomic E-state index is 0. The highest BCUT2D eigenvalue weighted by Crippen LogP contribution is 2.18. The van der Waals surface area contributed by atoms with E-state index in [9.17, 15) is 0 Å². The quantitative estimate of drug-likeness (QED) is 0.732. The van der Waals surface area contributed by atoms with E-state index in [1.165, 1.54) is 10.9 Å².